The van der Waals surface area contributed by atoms with E-state index < -0.39 is 0 Å². The third kappa shape index (κ3) is 6.88. The molecule has 1 amide bonds. The first kappa shape index (κ1) is 26.3. The smallest absolute Gasteiger partial charge is 0.241 e. The van der Waals surface area contributed by atoms with Gasteiger partial charge in [-0.25, -0.2) is 19.3 Å². The van der Waals surface area contributed by atoms with Crippen LogP contribution in [0.2, 0.25) is 0 Å². The standard InChI is InChI=1S/C26H31FN6O.ClH/c1-17(2)22-14-24(31-23-9-8-20(27)15-29-23)32-26(30-22)19-10-12-33(13-11-19)25(34)16-28-21-7-5-4-6-18(21)3;/h4-9,14-15,17,19,28H,10-13,16H2,1-3H3,(H,29,30,31,32);1H. The number of hydrogen-bond donors (Lipinski definition) is 2. The molecule has 0 bridgehead atoms. The van der Waals surface area contributed by atoms with Crippen molar-refractivity contribution in [2.75, 3.05) is 30.3 Å². The third-order valence-corrected chi connectivity index (χ3v) is 6.13. The number of halogens is 2. The number of carbonyl (C=O) groups excluding carboxylic acids is 1. The summed E-state index contributed by atoms with van der Waals surface area (Å²) in [4.78, 5) is 28.3. The van der Waals surface area contributed by atoms with Gasteiger partial charge in [-0.1, -0.05) is 32.0 Å². The van der Waals surface area contributed by atoms with Crippen molar-refractivity contribution >= 4 is 35.6 Å². The molecule has 0 atom stereocenters. The second-order valence-corrected chi connectivity index (χ2v) is 9.00. The van der Waals surface area contributed by atoms with Crippen LogP contribution in [-0.2, 0) is 4.79 Å². The van der Waals surface area contributed by atoms with Crippen molar-refractivity contribution in [2.45, 2.75) is 45.4 Å². The number of rotatable bonds is 7. The number of amides is 1. The molecule has 0 radical (unpaired) electrons. The Labute approximate surface area is 212 Å². The number of para-hydroxylation sites is 1. The molecule has 35 heavy (non-hydrogen) atoms. The number of piperidine rings is 1. The van der Waals surface area contributed by atoms with Gasteiger partial charge in [-0.05, 0) is 49.4 Å². The van der Waals surface area contributed by atoms with Crippen molar-refractivity contribution in [3.8, 4) is 0 Å². The topological polar surface area (TPSA) is 83.0 Å². The fourth-order valence-corrected chi connectivity index (χ4v) is 4.05. The molecule has 3 heterocycles. The number of hydrogen-bond acceptors (Lipinski definition) is 6. The minimum Gasteiger partial charge on any atom is -0.376 e. The normalized spacial score (nSPS) is 13.9. The molecule has 0 spiro atoms. The second-order valence-electron chi connectivity index (χ2n) is 9.00. The molecule has 0 aliphatic carbocycles. The number of nitrogens with zero attached hydrogens (tertiary/aromatic N) is 4. The highest BCUT2D eigenvalue weighted by atomic mass is 35.5. The first-order valence-electron chi connectivity index (χ1n) is 11.7. The van der Waals surface area contributed by atoms with E-state index >= 15 is 0 Å². The molecule has 0 unspecified atom stereocenters. The lowest BCUT2D eigenvalue weighted by molar-refractivity contribution is -0.130. The molecule has 1 saturated heterocycles. The van der Waals surface area contributed by atoms with E-state index in [1.807, 2.05) is 42.2 Å². The van der Waals surface area contributed by atoms with Crippen molar-refractivity contribution in [3.63, 3.8) is 0 Å². The summed E-state index contributed by atoms with van der Waals surface area (Å²) in [5.74, 6) is 2.08. The van der Waals surface area contributed by atoms with E-state index in [9.17, 15) is 9.18 Å². The summed E-state index contributed by atoms with van der Waals surface area (Å²) < 4.78 is 13.2. The van der Waals surface area contributed by atoms with Gasteiger partial charge in [0.2, 0.25) is 5.91 Å². The lowest BCUT2D eigenvalue weighted by atomic mass is 9.95. The first-order chi connectivity index (χ1) is 16.4. The summed E-state index contributed by atoms with van der Waals surface area (Å²) in [6, 6.07) is 12.8. The number of aryl methyl sites for hydroxylation is 1. The second kappa shape index (κ2) is 11.9. The average molecular weight is 499 g/mol. The summed E-state index contributed by atoms with van der Waals surface area (Å²) in [7, 11) is 0. The quantitative estimate of drug-likeness (QED) is 0.452. The minimum absolute atomic E-state index is 0. The number of anilines is 3. The average Bonchev–Trinajstić information content (AvgIpc) is 2.84. The maximum atomic E-state index is 13.2. The lowest BCUT2D eigenvalue weighted by Crippen LogP contribution is -2.41. The van der Waals surface area contributed by atoms with Gasteiger partial charge in [0.1, 0.15) is 23.3 Å². The maximum absolute atomic E-state index is 13.2. The van der Waals surface area contributed by atoms with Crippen molar-refractivity contribution in [1.82, 2.24) is 19.9 Å². The number of aromatic nitrogens is 3. The van der Waals surface area contributed by atoms with E-state index in [0.29, 0.717) is 24.7 Å². The van der Waals surface area contributed by atoms with Gasteiger partial charge in [0.05, 0.1) is 12.7 Å². The Morgan fingerprint density at radius 3 is 2.51 bits per heavy atom. The highest BCUT2D eigenvalue weighted by Gasteiger charge is 2.26. The molecule has 1 aromatic carbocycles. The molecule has 2 N–H and O–H groups in total. The monoisotopic (exact) mass is 498 g/mol. The fourth-order valence-electron chi connectivity index (χ4n) is 4.05. The van der Waals surface area contributed by atoms with E-state index in [2.05, 4.69) is 29.5 Å². The Kier molecular flexibility index (Phi) is 8.98. The Morgan fingerprint density at radius 1 is 1.11 bits per heavy atom. The third-order valence-electron chi connectivity index (χ3n) is 6.13. The highest BCUT2D eigenvalue weighted by molar-refractivity contribution is 5.85. The molecule has 9 heteroatoms. The Balaban J connectivity index is 0.00000342. The number of carbonyl (C=O) groups is 1. The predicted octanol–water partition coefficient (Wildman–Crippen LogP) is 5.43. The van der Waals surface area contributed by atoms with Crippen LogP contribution in [0.1, 0.15) is 55.6 Å². The Hall–Kier alpha value is -3.26. The van der Waals surface area contributed by atoms with E-state index in [0.717, 1.165) is 35.6 Å². The van der Waals surface area contributed by atoms with Gasteiger partial charge in [-0.3, -0.25) is 4.79 Å². The largest absolute Gasteiger partial charge is 0.376 e. The Morgan fingerprint density at radius 2 is 1.86 bits per heavy atom. The molecule has 0 saturated carbocycles. The van der Waals surface area contributed by atoms with Gasteiger partial charge in [-0.2, -0.15) is 0 Å². The van der Waals surface area contributed by atoms with E-state index in [4.69, 9.17) is 9.97 Å². The highest BCUT2D eigenvalue weighted by Crippen LogP contribution is 2.29. The van der Waals surface area contributed by atoms with Crippen molar-refractivity contribution in [2.24, 2.45) is 0 Å². The molecule has 1 aliphatic rings. The maximum Gasteiger partial charge on any atom is 0.241 e. The molecule has 2 aromatic heterocycles. The van der Waals surface area contributed by atoms with Crippen LogP contribution in [0.5, 0.6) is 0 Å². The zero-order valence-electron chi connectivity index (χ0n) is 20.3. The van der Waals surface area contributed by atoms with Gasteiger partial charge < -0.3 is 15.5 Å². The number of likely N-dealkylation sites (tertiary alicyclic amines) is 1. The number of pyridine rings is 1. The van der Waals surface area contributed by atoms with Crippen molar-refractivity contribution in [1.29, 1.82) is 0 Å². The van der Waals surface area contributed by atoms with E-state index in [-0.39, 0.29) is 42.5 Å². The summed E-state index contributed by atoms with van der Waals surface area (Å²) in [6.45, 7) is 7.85. The minimum atomic E-state index is -0.382. The molecular weight excluding hydrogens is 467 g/mol. The van der Waals surface area contributed by atoms with Crippen LogP contribution in [-0.4, -0.2) is 45.4 Å². The summed E-state index contributed by atoms with van der Waals surface area (Å²) in [5, 5.41) is 6.42. The molecule has 186 valence electrons. The lowest BCUT2D eigenvalue weighted by Gasteiger charge is -2.32. The van der Waals surface area contributed by atoms with Crippen LogP contribution in [0.3, 0.4) is 0 Å². The molecule has 3 aromatic rings. The summed E-state index contributed by atoms with van der Waals surface area (Å²) >= 11 is 0. The number of benzene rings is 1. The van der Waals surface area contributed by atoms with Crippen molar-refractivity contribution in [3.05, 3.63) is 71.6 Å². The zero-order valence-corrected chi connectivity index (χ0v) is 21.1. The van der Waals surface area contributed by atoms with Gasteiger partial charge in [0.15, 0.2) is 0 Å². The number of nitrogens with one attached hydrogen (secondary N) is 2. The first-order valence-corrected chi connectivity index (χ1v) is 11.7. The zero-order chi connectivity index (χ0) is 24.1. The van der Waals surface area contributed by atoms with Gasteiger partial charge in [0, 0.05) is 36.5 Å². The molecule has 1 fully saturated rings. The van der Waals surface area contributed by atoms with Crippen LogP contribution in [0.25, 0.3) is 0 Å². The summed E-state index contributed by atoms with van der Waals surface area (Å²) in [6.07, 6.45) is 2.80. The van der Waals surface area contributed by atoms with Gasteiger partial charge in [-0.15, -0.1) is 12.4 Å². The van der Waals surface area contributed by atoms with Crippen LogP contribution >= 0.6 is 12.4 Å². The molecular formula is C26H32ClFN6O. The molecule has 1 aliphatic heterocycles. The van der Waals surface area contributed by atoms with E-state index in [1.54, 1.807) is 6.07 Å². The van der Waals surface area contributed by atoms with Crippen LogP contribution < -0.4 is 10.6 Å². The SMILES string of the molecule is Cc1ccccc1NCC(=O)N1CCC(c2nc(Nc3ccc(F)cn3)cc(C(C)C)n2)CC1.Cl. The van der Waals surface area contributed by atoms with Gasteiger partial charge >= 0.3 is 0 Å². The Bertz CT molecular complexity index is 1130. The summed E-state index contributed by atoms with van der Waals surface area (Å²) in [5.41, 5.74) is 3.05. The fraction of sp³-hybridized carbons (Fsp3) is 0.385. The van der Waals surface area contributed by atoms with Gasteiger partial charge in [0.25, 0.3) is 0 Å². The van der Waals surface area contributed by atoms with E-state index in [1.165, 1.54) is 12.3 Å². The predicted molar refractivity (Wildman–Crippen MR) is 139 cm³/mol. The van der Waals surface area contributed by atoms with Crippen LogP contribution in [0.4, 0.5) is 21.7 Å². The molecule has 4 rings (SSSR count). The molecule has 7 nitrogen and oxygen atoms in total. The van der Waals surface area contributed by atoms with Crippen LogP contribution in [0, 0.1) is 12.7 Å². The van der Waals surface area contributed by atoms with Crippen LogP contribution in [0.15, 0.2) is 48.7 Å². The van der Waals surface area contributed by atoms with Crippen molar-refractivity contribution < 1.29 is 9.18 Å².